The molecule has 6 heteroatoms. The Kier molecular flexibility index (Phi) is 5.89. The van der Waals surface area contributed by atoms with Gasteiger partial charge in [0.15, 0.2) is 0 Å². The average Bonchev–Trinajstić information content (AvgIpc) is 2.53. The summed E-state index contributed by atoms with van der Waals surface area (Å²) in [7, 11) is 0. The van der Waals surface area contributed by atoms with Gasteiger partial charge in [-0.05, 0) is 36.2 Å². The lowest BCUT2D eigenvalue weighted by atomic mass is 10.2. The molecule has 1 heterocycles. The van der Waals surface area contributed by atoms with Gasteiger partial charge in [0.05, 0.1) is 0 Å². The van der Waals surface area contributed by atoms with E-state index in [4.69, 9.17) is 0 Å². The predicted octanol–water partition coefficient (Wildman–Crippen LogP) is 3.36. The van der Waals surface area contributed by atoms with E-state index in [2.05, 4.69) is 34.8 Å². The maximum absolute atomic E-state index is 12.3. The van der Waals surface area contributed by atoms with Gasteiger partial charge in [-0.15, -0.1) is 0 Å². The zero-order valence-corrected chi connectivity index (χ0v) is 14.1. The summed E-state index contributed by atoms with van der Waals surface area (Å²) in [6.45, 7) is 6.49. The Hall–Kier alpha value is -2.89. The third kappa shape index (κ3) is 5.39. The van der Waals surface area contributed by atoms with E-state index in [1.54, 1.807) is 36.5 Å². The topological polar surface area (TPSA) is 83.1 Å². The van der Waals surface area contributed by atoms with Crippen LogP contribution in [-0.4, -0.2) is 23.3 Å². The van der Waals surface area contributed by atoms with Crippen LogP contribution in [0.15, 0.2) is 42.6 Å². The molecule has 2 amide bonds. The number of nitrogens with zero attached hydrogens (tertiary/aromatic N) is 1. The Bertz CT molecular complexity index is 728. The number of benzene rings is 1. The number of anilines is 3. The van der Waals surface area contributed by atoms with Crippen molar-refractivity contribution < 1.29 is 9.59 Å². The molecule has 0 atom stereocenters. The van der Waals surface area contributed by atoms with Gasteiger partial charge in [-0.2, -0.15) is 0 Å². The second-order valence-electron chi connectivity index (χ2n) is 5.92. The van der Waals surface area contributed by atoms with E-state index in [-0.39, 0.29) is 11.8 Å². The Morgan fingerprint density at radius 1 is 1.04 bits per heavy atom. The summed E-state index contributed by atoms with van der Waals surface area (Å²) in [5.74, 6) is 0.0409. The fourth-order valence-electron chi connectivity index (χ4n) is 2.06. The van der Waals surface area contributed by atoms with Crippen LogP contribution >= 0.6 is 0 Å². The van der Waals surface area contributed by atoms with Crippen molar-refractivity contribution in [3.05, 3.63) is 48.3 Å². The Morgan fingerprint density at radius 2 is 1.75 bits per heavy atom. The minimum Gasteiger partial charge on any atom is -0.385 e. The van der Waals surface area contributed by atoms with E-state index in [9.17, 15) is 9.59 Å². The van der Waals surface area contributed by atoms with E-state index in [1.807, 2.05) is 6.07 Å². The van der Waals surface area contributed by atoms with E-state index in [1.165, 1.54) is 6.92 Å². The molecule has 0 saturated heterocycles. The predicted molar refractivity (Wildman–Crippen MR) is 96.3 cm³/mol. The molecule has 0 aliphatic carbocycles. The summed E-state index contributed by atoms with van der Waals surface area (Å²) in [6.07, 6.45) is 1.60. The molecule has 2 rings (SSSR count). The minimum atomic E-state index is -0.303. The lowest BCUT2D eigenvalue weighted by molar-refractivity contribution is -0.114. The number of amides is 2. The van der Waals surface area contributed by atoms with Crippen LogP contribution in [0.5, 0.6) is 0 Å². The molecule has 0 bridgehead atoms. The Labute approximate surface area is 141 Å². The van der Waals surface area contributed by atoms with Crippen molar-refractivity contribution >= 4 is 28.9 Å². The monoisotopic (exact) mass is 326 g/mol. The standard InChI is InChI=1S/C18H22N4O2/c1-12(2)11-20-14-7-8-19-17(10-14)18(24)22-16-6-4-5-15(9-16)21-13(3)23/h4-10,12H,11H2,1-3H3,(H,19,20)(H,21,23)(H,22,24). The third-order valence-electron chi connectivity index (χ3n) is 3.15. The first-order chi connectivity index (χ1) is 11.4. The maximum atomic E-state index is 12.3. The number of nitrogens with one attached hydrogen (secondary N) is 3. The van der Waals surface area contributed by atoms with Gasteiger partial charge in [-0.25, -0.2) is 0 Å². The van der Waals surface area contributed by atoms with Crippen LogP contribution in [0.1, 0.15) is 31.3 Å². The molecule has 0 unspecified atom stereocenters. The van der Waals surface area contributed by atoms with Gasteiger partial charge in [0, 0.05) is 36.7 Å². The van der Waals surface area contributed by atoms with Crippen molar-refractivity contribution in [3.63, 3.8) is 0 Å². The van der Waals surface area contributed by atoms with Crippen molar-refractivity contribution in [1.29, 1.82) is 0 Å². The lowest BCUT2D eigenvalue weighted by Gasteiger charge is -2.10. The van der Waals surface area contributed by atoms with Crippen LogP contribution in [0.3, 0.4) is 0 Å². The zero-order chi connectivity index (χ0) is 17.5. The molecule has 6 nitrogen and oxygen atoms in total. The van der Waals surface area contributed by atoms with Gasteiger partial charge in [0.2, 0.25) is 5.91 Å². The Balaban J connectivity index is 2.07. The van der Waals surface area contributed by atoms with E-state index in [0.717, 1.165) is 12.2 Å². The highest BCUT2D eigenvalue weighted by molar-refractivity contribution is 6.03. The quantitative estimate of drug-likeness (QED) is 0.760. The van der Waals surface area contributed by atoms with E-state index >= 15 is 0 Å². The number of carbonyl (C=O) groups excluding carboxylic acids is 2. The number of carbonyl (C=O) groups is 2. The molecule has 0 aliphatic rings. The van der Waals surface area contributed by atoms with E-state index < -0.39 is 0 Å². The summed E-state index contributed by atoms with van der Waals surface area (Å²) in [4.78, 5) is 27.6. The molecule has 1 aromatic heterocycles. The van der Waals surface area contributed by atoms with Gasteiger partial charge in [-0.3, -0.25) is 14.6 Å². The SMILES string of the molecule is CC(=O)Nc1cccc(NC(=O)c2cc(NCC(C)C)ccn2)c1. The first kappa shape index (κ1) is 17.5. The van der Waals surface area contributed by atoms with Crippen LogP contribution < -0.4 is 16.0 Å². The molecular weight excluding hydrogens is 304 g/mol. The second kappa shape index (κ2) is 8.10. The molecule has 3 N–H and O–H groups in total. The Morgan fingerprint density at radius 3 is 2.42 bits per heavy atom. The largest absolute Gasteiger partial charge is 0.385 e. The molecule has 2 aromatic rings. The number of pyridine rings is 1. The maximum Gasteiger partial charge on any atom is 0.274 e. The fraction of sp³-hybridized carbons (Fsp3) is 0.278. The average molecular weight is 326 g/mol. The van der Waals surface area contributed by atoms with Gasteiger partial charge < -0.3 is 16.0 Å². The molecule has 0 saturated carbocycles. The van der Waals surface area contributed by atoms with Gasteiger partial charge in [-0.1, -0.05) is 19.9 Å². The van der Waals surface area contributed by atoms with Gasteiger partial charge >= 0.3 is 0 Å². The fourth-order valence-corrected chi connectivity index (χ4v) is 2.06. The van der Waals surface area contributed by atoms with Crippen LogP contribution in [-0.2, 0) is 4.79 Å². The highest BCUT2D eigenvalue weighted by Crippen LogP contribution is 2.16. The second-order valence-corrected chi connectivity index (χ2v) is 5.92. The van der Waals surface area contributed by atoms with Crippen molar-refractivity contribution in [2.75, 3.05) is 22.5 Å². The number of aromatic nitrogens is 1. The smallest absolute Gasteiger partial charge is 0.274 e. The molecule has 0 radical (unpaired) electrons. The van der Waals surface area contributed by atoms with Crippen LogP contribution in [0.4, 0.5) is 17.1 Å². The van der Waals surface area contributed by atoms with Crippen molar-refractivity contribution in [1.82, 2.24) is 4.98 Å². The van der Waals surface area contributed by atoms with Crippen molar-refractivity contribution in [2.45, 2.75) is 20.8 Å². The lowest BCUT2D eigenvalue weighted by Crippen LogP contribution is -2.15. The molecule has 0 spiro atoms. The highest BCUT2D eigenvalue weighted by Gasteiger charge is 2.09. The highest BCUT2D eigenvalue weighted by atomic mass is 16.2. The summed E-state index contributed by atoms with van der Waals surface area (Å²) in [6, 6.07) is 10.5. The molecule has 0 aliphatic heterocycles. The molecule has 24 heavy (non-hydrogen) atoms. The van der Waals surface area contributed by atoms with Gasteiger partial charge in [0.25, 0.3) is 5.91 Å². The van der Waals surface area contributed by atoms with Crippen LogP contribution in [0, 0.1) is 5.92 Å². The molecular formula is C18H22N4O2. The zero-order valence-electron chi connectivity index (χ0n) is 14.1. The van der Waals surface area contributed by atoms with E-state index in [0.29, 0.717) is 23.0 Å². The first-order valence-electron chi connectivity index (χ1n) is 7.83. The summed E-state index contributed by atoms with van der Waals surface area (Å²) in [5, 5.41) is 8.73. The van der Waals surface area contributed by atoms with Crippen LogP contribution in [0.25, 0.3) is 0 Å². The number of hydrogen-bond acceptors (Lipinski definition) is 4. The third-order valence-corrected chi connectivity index (χ3v) is 3.15. The van der Waals surface area contributed by atoms with Crippen molar-refractivity contribution in [3.8, 4) is 0 Å². The molecule has 126 valence electrons. The summed E-state index contributed by atoms with van der Waals surface area (Å²) >= 11 is 0. The van der Waals surface area contributed by atoms with Crippen molar-refractivity contribution in [2.24, 2.45) is 5.92 Å². The number of hydrogen-bond donors (Lipinski definition) is 3. The van der Waals surface area contributed by atoms with Gasteiger partial charge in [0.1, 0.15) is 5.69 Å². The molecule has 1 aromatic carbocycles. The summed E-state index contributed by atoms with van der Waals surface area (Å²) in [5.41, 5.74) is 2.40. The van der Waals surface area contributed by atoms with Crippen LogP contribution in [0.2, 0.25) is 0 Å². The summed E-state index contributed by atoms with van der Waals surface area (Å²) < 4.78 is 0. The minimum absolute atomic E-state index is 0.163. The normalized spacial score (nSPS) is 10.3. The number of rotatable bonds is 6. The molecule has 0 fully saturated rings. The first-order valence-corrected chi connectivity index (χ1v) is 7.83.